The van der Waals surface area contributed by atoms with Gasteiger partial charge in [0.15, 0.2) is 5.82 Å². The van der Waals surface area contributed by atoms with Gasteiger partial charge < -0.3 is 19.4 Å². The van der Waals surface area contributed by atoms with Crippen LogP contribution in [0.25, 0.3) is 11.1 Å². The highest BCUT2D eigenvalue weighted by Crippen LogP contribution is 2.30. The van der Waals surface area contributed by atoms with Gasteiger partial charge in [0.1, 0.15) is 12.4 Å². The molecule has 0 N–H and O–H groups in total. The largest absolute Gasteiger partial charge is 0.378 e. The van der Waals surface area contributed by atoms with Crippen LogP contribution >= 0.6 is 0 Å². The quantitative estimate of drug-likeness (QED) is 0.600. The minimum Gasteiger partial charge on any atom is -0.378 e. The van der Waals surface area contributed by atoms with Gasteiger partial charge in [0.25, 0.3) is 0 Å². The summed E-state index contributed by atoms with van der Waals surface area (Å²) in [5.74, 6) is 0.723. The minimum atomic E-state index is -0.238. The maximum Gasteiger partial charge on any atom is 0.244 e. The second-order valence-corrected chi connectivity index (χ2v) is 8.37. The molecule has 0 aliphatic carbocycles. The Balaban J connectivity index is 1.27. The van der Waals surface area contributed by atoms with E-state index in [2.05, 4.69) is 21.9 Å². The number of morpholine rings is 1. The first-order valence-electron chi connectivity index (χ1n) is 11.4. The Labute approximate surface area is 193 Å². The second-order valence-electron chi connectivity index (χ2n) is 8.37. The molecule has 5 rings (SSSR count). The van der Waals surface area contributed by atoms with Gasteiger partial charge in [0, 0.05) is 56.7 Å². The number of nitrogens with zero attached hydrogens (tertiary/aromatic N) is 5. The minimum absolute atomic E-state index is 0.0596. The molecule has 8 heteroatoms. The molecule has 2 aliphatic heterocycles. The lowest BCUT2D eigenvalue weighted by atomic mass is 10.1. The van der Waals surface area contributed by atoms with Crippen molar-refractivity contribution in [3.8, 4) is 11.1 Å². The topological polar surface area (TPSA) is 53.8 Å². The van der Waals surface area contributed by atoms with Crippen LogP contribution in [0.4, 0.5) is 15.9 Å². The maximum atomic E-state index is 13.2. The van der Waals surface area contributed by atoms with Crippen molar-refractivity contribution in [1.82, 2.24) is 14.7 Å². The Morgan fingerprint density at radius 2 is 1.58 bits per heavy atom. The van der Waals surface area contributed by atoms with E-state index in [1.165, 1.54) is 12.1 Å². The molecule has 0 saturated carbocycles. The summed E-state index contributed by atoms with van der Waals surface area (Å²) >= 11 is 0. The lowest BCUT2D eigenvalue weighted by Gasteiger charge is -2.36. The summed E-state index contributed by atoms with van der Waals surface area (Å²) in [6.07, 6.45) is 1.98. The molecule has 0 radical (unpaired) electrons. The van der Waals surface area contributed by atoms with E-state index in [0.29, 0.717) is 26.3 Å². The molecule has 0 atom stereocenters. The van der Waals surface area contributed by atoms with Crippen LogP contribution < -0.4 is 9.80 Å². The average Bonchev–Trinajstić information content (AvgIpc) is 3.29. The first kappa shape index (κ1) is 21.5. The smallest absolute Gasteiger partial charge is 0.244 e. The van der Waals surface area contributed by atoms with E-state index < -0.39 is 0 Å². The molecular formula is C25H28FN5O2. The Morgan fingerprint density at radius 1 is 0.879 bits per heavy atom. The SMILES string of the molecule is O=C(Cn1cc(-c2ccccc2)c(N2CCOCC2)n1)N1CCN(c2ccc(F)cc2)CC1. The molecule has 1 amide bonds. The van der Waals surface area contributed by atoms with Gasteiger partial charge in [-0.25, -0.2) is 4.39 Å². The summed E-state index contributed by atoms with van der Waals surface area (Å²) in [6, 6.07) is 16.7. The Bertz CT molecular complexity index is 1070. The molecule has 172 valence electrons. The second kappa shape index (κ2) is 9.62. The molecule has 0 spiro atoms. The number of rotatable bonds is 5. The van der Waals surface area contributed by atoms with Crippen LogP contribution in [0.1, 0.15) is 0 Å². The molecule has 2 aromatic carbocycles. The molecule has 3 heterocycles. The summed E-state index contributed by atoms with van der Waals surface area (Å²) < 4.78 is 20.5. The molecule has 3 aromatic rings. The Kier molecular flexibility index (Phi) is 6.26. The summed E-state index contributed by atoms with van der Waals surface area (Å²) in [6.45, 7) is 5.87. The van der Waals surface area contributed by atoms with Crippen LogP contribution in [0.3, 0.4) is 0 Å². The molecule has 2 fully saturated rings. The van der Waals surface area contributed by atoms with Crippen molar-refractivity contribution >= 4 is 17.4 Å². The molecule has 1 aromatic heterocycles. The van der Waals surface area contributed by atoms with E-state index in [9.17, 15) is 9.18 Å². The van der Waals surface area contributed by atoms with Gasteiger partial charge in [0.05, 0.1) is 13.2 Å². The predicted octanol–water partition coefficient (Wildman–Crippen LogP) is 2.87. The number of hydrogen-bond acceptors (Lipinski definition) is 5. The van der Waals surface area contributed by atoms with Crippen LogP contribution in [0.5, 0.6) is 0 Å². The first-order chi connectivity index (χ1) is 16.2. The van der Waals surface area contributed by atoms with E-state index in [4.69, 9.17) is 9.84 Å². The lowest BCUT2D eigenvalue weighted by Crippen LogP contribution is -2.49. The summed E-state index contributed by atoms with van der Waals surface area (Å²) in [5.41, 5.74) is 3.11. The Morgan fingerprint density at radius 3 is 2.27 bits per heavy atom. The monoisotopic (exact) mass is 449 g/mol. The van der Waals surface area contributed by atoms with Crippen molar-refractivity contribution in [3.05, 3.63) is 66.6 Å². The zero-order chi connectivity index (χ0) is 22.6. The van der Waals surface area contributed by atoms with Crippen LogP contribution in [0, 0.1) is 5.82 Å². The number of aromatic nitrogens is 2. The van der Waals surface area contributed by atoms with Crippen molar-refractivity contribution in [1.29, 1.82) is 0 Å². The average molecular weight is 450 g/mol. The van der Waals surface area contributed by atoms with E-state index in [1.807, 2.05) is 29.3 Å². The van der Waals surface area contributed by atoms with Gasteiger partial charge in [-0.3, -0.25) is 9.48 Å². The van der Waals surface area contributed by atoms with Gasteiger partial charge in [-0.15, -0.1) is 0 Å². The van der Waals surface area contributed by atoms with E-state index >= 15 is 0 Å². The Hall–Kier alpha value is -3.39. The molecule has 7 nitrogen and oxygen atoms in total. The van der Waals surface area contributed by atoms with Gasteiger partial charge in [-0.2, -0.15) is 5.10 Å². The summed E-state index contributed by atoms with van der Waals surface area (Å²) in [4.78, 5) is 19.4. The van der Waals surface area contributed by atoms with Gasteiger partial charge in [-0.1, -0.05) is 30.3 Å². The van der Waals surface area contributed by atoms with Crippen molar-refractivity contribution in [2.75, 3.05) is 62.3 Å². The number of ether oxygens (including phenoxy) is 1. The van der Waals surface area contributed by atoms with Gasteiger partial charge in [0.2, 0.25) is 5.91 Å². The number of piperazine rings is 1. The van der Waals surface area contributed by atoms with Crippen LogP contribution in [0.15, 0.2) is 60.8 Å². The molecule has 2 aliphatic rings. The summed E-state index contributed by atoms with van der Waals surface area (Å²) in [7, 11) is 0. The normalized spacial score (nSPS) is 16.8. The van der Waals surface area contributed by atoms with Gasteiger partial charge in [-0.05, 0) is 29.8 Å². The molecule has 2 saturated heterocycles. The van der Waals surface area contributed by atoms with Crippen molar-refractivity contribution in [3.63, 3.8) is 0 Å². The summed E-state index contributed by atoms with van der Waals surface area (Å²) in [5, 5.41) is 4.81. The lowest BCUT2D eigenvalue weighted by molar-refractivity contribution is -0.132. The van der Waals surface area contributed by atoms with Crippen molar-refractivity contribution in [2.45, 2.75) is 6.54 Å². The maximum absolute atomic E-state index is 13.2. The van der Waals surface area contributed by atoms with Crippen LogP contribution in [-0.2, 0) is 16.1 Å². The fourth-order valence-electron chi connectivity index (χ4n) is 4.43. The molecular weight excluding hydrogens is 421 g/mol. The number of anilines is 2. The highest BCUT2D eigenvalue weighted by molar-refractivity contribution is 5.78. The molecule has 0 bridgehead atoms. The number of hydrogen-bond donors (Lipinski definition) is 0. The van der Waals surface area contributed by atoms with E-state index in [0.717, 1.165) is 48.8 Å². The number of halogens is 1. The van der Waals surface area contributed by atoms with Crippen LogP contribution in [-0.4, -0.2) is 73.1 Å². The number of carbonyl (C=O) groups excluding carboxylic acids is 1. The zero-order valence-corrected chi connectivity index (χ0v) is 18.6. The van der Waals surface area contributed by atoms with E-state index in [-0.39, 0.29) is 18.3 Å². The molecule has 0 unspecified atom stereocenters. The number of carbonyl (C=O) groups is 1. The highest BCUT2D eigenvalue weighted by Gasteiger charge is 2.24. The number of benzene rings is 2. The van der Waals surface area contributed by atoms with Crippen molar-refractivity contribution in [2.24, 2.45) is 0 Å². The van der Waals surface area contributed by atoms with Crippen molar-refractivity contribution < 1.29 is 13.9 Å². The standard InChI is InChI=1S/C25H28FN5O2/c26-21-6-8-22(9-7-21)28-10-12-29(13-11-28)24(32)19-31-18-23(20-4-2-1-3-5-20)25(27-31)30-14-16-33-17-15-30/h1-9,18H,10-17,19H2. The third kappa shape index (κ3) is 4.85. The molecule has 33 heavy (non-hydrogen) atoms. The fourth-order valence-corrected chi connectivity index (χ4v) is 4.43. The van der Waals surface area contributed by atoms with E-state index in [1.54, 1.807) is 16.8 Å². The third-order valence-electron chi connectivity index (χ3n) is 6.26. The van der Waals surface area contributed by atoms with Gasteiger partial charge >= 0.3 is 0 Å². The highest BCUT2D eigenvalue weighted by atomic mass is 19.1. The third-order valence-corrected chi connectivity index (χ3v) is 6.26. The predicted molar refractivity (Wildman–Crippen MR) is 126 cm³/mol. The van der Waals surface area contributed by atoms with Crippen LogP contribution in [0.2, 0.25) is 0 Å². The number of amides is 1. The fraction of sp³-hybridized carbons (Fsp3) is 0.360. The zero-order valence-electron chi connectivity index (χ0n) is 18.6. The first-order valence-corrected chi connectivity index (χ1v) is 11.4.